The van der Waals surface area contributed by atoms with Gasteiger partial charge in [-0.3, -0.25) is 0 Å². The maximum atomic E-state index is 2.52. The average molecular weight is 1290 g/mol. The number of benzene rings is 16. The fraction of sp³-hybridized carbons (Fsp3) is 0.0408. The number of aryl methyl sites for hydroxylation is 2. The summed E-state index contributed by atoms with van der Waals surface area (Å²) in [6.45, 7) is 4.45. The summed E-state index contributed by atoms with van der Waals surface area (Å²) in [6.07, 6.45) is 0. The highest BCUT2D eigenvalue weighted by Gasteiger charge is 2.48. The van der Waals surface area contributed by atoms with E-state index in [2.05, 4.69) is 410 Å². The summed E-state index contributed by atoms with van der Waals surface area (Å²) < 4.78 is 2.46. The van der Waals surface area contributed by atoms with Crippen LogP contribution in [0.25, 0.3) is 82.8 Å². The van der Waals surface area contributed by atoms with Crippen molar-refractivity contribution in [3.63, 3.8) is 0 Å². The van der Waals surface area contributed by atoms with Crippen molar-refractivity contribution in [2.45, 2.75) is 24.7 Å². The number of hydrogen-bond donors (Lipinski definition) is 0. The van der Waals surface area contributed by atoms with E-state index in [4.69, 9.17) is 0 Å². The molecular weight excluding hydrogens is 1220 g/mol. The van der Waals surface area contributed by atoms with Crippen molar-refractivity contribution in [1.82, 2.24) is 4.57 Å². The monoisotopic (exact) mass is 1290 g/mol. The Kier molecular flexibility index (Phi) is 14.1. The van der Waals surface area contributed by atoms with Gasteiger partial charge in [0.1, 0.15) is 0 Å². The Bertz CT molecular complexity index is 5750. The molecule has 2 aliphatic carbocycles. The van der Waals surface area contributed by atoms with Crippen molar-refractivity contribution in [3.05, 3.63) is 438 Å². The van der Waals surface area contributed by atoms with Crippen molar-refractivity contribution in [3.8, 4) is 50.2 Å². The number of rotatable bonds is 13. The first-order valence-electron chi connectivity index (χ1n) is 35.1. The van der Waals surface area contributed by atoms with Crippen LogP contribution in [0.2, 0.25) is 0 Å². The summed E-state index contributed by atoms with van der Waals surface area (Å²) in [4.78, 5) is 4.92. The molecule has 19 rings (SSSR count). The maximum absolute atomic E-state index is 2.52. The minimum absolute atomic E-state index is 0.607. The topological polar surface area (TPSA) is 11.4 Å². The van der Waals surface area contributed by atoms with Gasteiger partial charge < -0.3 is 14.4 Å². The van der Waals surface area contributed by atoms with E-state index in [0.717, 1.165) is 62.0 Å². The smallest absolute Gasteiger partial charge is 0.0714 e. The molecule has 0 saturated heterocycles. The first-order chi connectivity index (χ1) is 49.9. The number of para-hydroxylation sites is 1. The minimum atomic E-state index is -0.607. The second-order valence-electron chi connectivity index (χ2n) is 27.3. The molecule has 0 spiro atoms. The summed E-state index contributed by atoms with van der Waals surface area (Å²) in [5.74, 6) is 0. The van der Waals surface area contributed by atoms with Crippen molar-refractivity contribution >= 4 is 66.7 Å². The molecule has 1 aromatic heterocycles. The van der Waals surface area contributed by atoms with E-state index in [0.29, 0.717) is 0 Å². The lowest BCUT2D eigenvalue weighted by Gasteiger charge is -2.36. The molecule has 0 N–H and O–H groups in total. The van der Waals surface area contributed by atoms with Crippen LogP contribution in [-0.2, 0) is 10.8 Å². The lowest BCUT2D eigenvalue weighted by molar-refractivity contribution is 0.766. The van der Waals surface area contributed by atoms with Gasteiger partial charge in [0.15, 0.2) is 0 Å². The number of aromatic nitrogens is 1. The summed E-state index contributed by atoms with van der Waals surface area (Å²) in [6, 6.07) is 143. The van der Waals surface area contributed by atoms with E-state index in [-0.39, 0.29) is 0 Å². The molecule has 0 radical (unpaired) electrons. The molecular formula is C98H69N3. The van der Waals surface area contributed by atoms with Crippen LogP contribution >= 0.6 is 0 Å². The zero-order valence-electron chi connectivity index (χ0n) is 56.2. The van der Waals surface area contributed by atoms with Crippen molar-refractivity contribution in [2.24, 2.45) is 0 Å². The summed E-state index contributed by atoms with van der Waals surface area (Å²) in [5, 5.41) is 4.77. The van der Waals surface area contributed by atoms with Crippen LogP contribution in [0.15, 0.2) is 382 Å². The summed E-state index contributed by atoms with van der Waals surface area (Å²) in [7, 11) is 0. The predicted octanol–water partition coefficient (Wildman–Crippen LogP) is 25.6. The zero-order chi connectivity index (χ0) is 67.2. The van der Waals surface area contributed by atoms with Gasteiger partial charge in [0, 0.05) is 50.3 Å². The van der Waals surface area contributed by atoms with Gasteiger partial charge in [-0.05, 0) is 205 Å². The normalized spacial score (nSPS) is 13.0. The van der Waals surface area contributed by atoms with Gasteiger partial charge in [0.05, 0.1) is 27.6 Å². The van der Waals surface area contributed by atoms with Crippen molar-refractivity contribution in [2.75, 3.05) is 9.80 Å². The standard InChI is InChI=1S/C98H69N3/c1-66-43-53-84-86-55-51-81(64-92(86)97(90(84)59-66,73-29-11-4-12-30-73)74-31-13-5-14-32-74)99(82-52-56-87-85-54-44-67(2)60-91(85)98(93(87)65-82,75-33-15-6-16-34-75)76-35-17-7-18-36-76)78-49-45-69(46-50-78)72-48-58-96-89(62-72)88-61-71(68-25-9-3-10-26-68)47-57-95(88)101(96)80-40-24-39-79(63-80)100(77-37-19-8-20-38-77)94-42-23-28-70-27-21-22-41-83(70)94/h3-65H,1-2H3. The molecule has 0 atom stereocenters. The third-order valence-corrected chi connectivity index (χ3v) is 21.6. The van der Waals surface area contributed by atoms with E-state index in [1.807, 2.05) is 0 Å². The molecule has 0 unspecified atom stereocenters. The van der Waals surface area contributed by atoms with Gasteiger partial charge in [-0.15, -0.1) is 0 Å². The van der Waals surface area contributed by atoms with Crippen molar-refractivity contribution < 1.29 is 0 Å². The molecule has 3 heteroatoms. The number of nitrogens with zero attached hydrogens (tertiary/aromatic N) is 3. The van der Waals surface area contributed by atoms with Crippen LogP contribution < -0.4 is 9.80 Å². The number of fused-ring (bicyclic) bond motifs is 10. The number of anilines is 6. The maximum Gasteiger partial charge on any atom is 0.0714 e. The Morgan fingerprint density at radius 2 is 0.604 bits per heavy atom. The number of hydrogen-bond acceptors (Lipinski definition) is 2. The second kappa shape index (κ2) is 24.0. The zero-order valence-corrected chi connectivity index (χ0v) is 56.2. The Morgan fingerprint density at radius 3 is 1.11 bits per heavy atom. The van der Waals surface area contributed by atoms with E-state index in [9.17, 15) is 0 Å². The fourth-order valence-electron chi connectivity index (χ4n) is 17.2. The average Bonchev–Trinajstić information content (AvgIpc) is 1.55. The highest BCUT2D eigenvalue weighted by molar-refractivity contribution is 6.12. The first-order valence-corrected chi connectivity index (χ1v) is 35.1. The van der Waals surface area contributed by atoms with Crippen molar-refractivity contribution in [1.29, 1.82) is 0 Å². The SMILES string of the molecule is Cc1ccc2c(c1)C(c1ccccc1)(c1ccccc1)c1cc(N(c3ccc(-c4ccc5c(c4)c4cc(-c6ccccc6)ccc4n5-c4cccc(N(c5ccccc5)c5cccc6ccccc56)c4)cc3)c3ccc4c(c3)C(c3ccccc3)(c3ccccc3)c3cc(C)ccc3-4)ccc1-2. The molecule has 0 bridgehead atoms. The first kappa shape index (κ1) is 59.4. The molecule has 0 fully saturated rings. The van der Waals surface area contributed by atoms with E-state index >= 15 is 0 Å². The summed E-state index contributed by atoms with van der Waals surface area (Å²) in [5.41, 5.74) is 30.8. The second-order valence-corrected chi connectivity index (χ2v) is 27.3. The van der Waals surface area contributed by atoms with Gasteiger partial charge in [0.25, 0.3) is 0 Å². The lowest BCUT2D eigenvalue weighted by Crippen LogP contribution is -2.29. The third-order valence-electron chi connectivity index (χ3n) is 21.6. The van der Waals surface area contributed by atoms with Crippen LogP contribution in [0, 0.1) is 13.8 Å². The van der Waals surface area contributed by atoms with Gasteiger partial charge in [-0.25, -0.2) is 0 Å². The summed E-state index contributed by atoms with van der Waals surface area (Å²) >= 11 is 0. The molecule has 1 heterocycles. The van der Waals surface area contributed by atoms with Gasteiger partial charge in [-0.1, -0.05) is 296 Å². The molecule has 16 aromatic carbocycles. The van der Waals surface area contributed by atoms with Gasteiger partial charge >= 0.3 is 0 Å². The van der Waals surface area contributed by atoms with E-state index in [1.54, 1.807) is 0 Å². The van der Waals surface area contributed by atoms with Crippen LogP contribution in [-0.4, -0.2) is 4.57 Å². The van der Waals surface area contributed by atoms with E-state index in [1.165, 1.54) is 111 Å². The predicted molar refractivity (Wildman–Crippen MR) is 423 cm³/mol. The van der Waals surface area contributed by atoms with Crippen LogP contribution in [0.3, 0.4) is 0 Å². The van der Waals surface area contributed by atoms with Crippen LogP contribution in [0.1, 0.15) is 55.6 Å². The Labute approximate surface area is 590 Å². The Hall–Kier alpha value is -12.8. The highest BCUT2D eigenvalue weighted by Crippen LogP contribution is 2.60. The highest BCUT2D eigenvalue weighted by atomic mass is 15.2. The molecule has 0 aliphatic heterocycles. The Balaban J connectivity index is 0.798. The molecule has 0 amide bonds. The van der Waals surface area contributed by atoms with Crippen LogP contribution in [0.5, 0.6) is 0 Å². The molecule has 476 valence electrons. The third kappa shape index (κ3) is 9.49. The lowest BCUT2D eigenvalue weighted by atomic mass is 9.67. The van der Waals surface area contributed by atoms with Gasteiger partial charge in [0.2, 0.25) is 0 Å². The molecule has 101 heavy (non-hydrogen) atoms. The van der Waals surface area contributed by atoms with Crippen LogP contribution in [0.4, 0.5) is 34.1 Å². The quantitative estimate of drug-likeness (QED) is 0.114. The molecule has 17 aromatic rings. The molecule has 0 saturated carbocycles. The molecule has 2 aliphatic rings. The largest absolute Gasteiger partial charge is 0.310 e. The minimum Gasteiger partial charge on any atom is -0.310 e. The van der Waals surface area contributed by atoms with E-state index < -0.39 is 10.8 Å². The van der Waals surface area contributed by atoms with Gasteiger partial charge in [-0.2, -0.15) is 0 Å². The Morgan fingerprint density at radius 1 is 0.238 bits per heavy atom. The fourth-order valence-corrected chi connectivity index (χ4v) is 17.2. The molecule has 3 nitrogen and oxygen atoms in total.